The van der Waals surface area contributed by atoms with E-state index in [1.807, 2.05) is 22.6 Å². The number of azo groups is 1. The molecule has 2 aromatic heterocycles. The lowest BCUT2D eigenvalue weighted by Crippen LogP contribution is -1.89. The number of aromatic nitrogens is 2. The largest absolute Gasteiger partial charge is 0.493 e. The number of hydrogen-bond donors (Lipinski definition) is 0. The Bertz CT molecular complexity index is 934. The summed E-state index contributed by atoms with van der Waals surface area (Å²) in [6.07, 6.45) is 1.79. The number of hydrogen-bond acceptors (Lipinski definition) is 5. The van der Waals surface area contributed by atoms with Gasteiger partial charge in [-0.1, -0.05) is 25.4 Å². The van der Waals surface area contributed by atoms with Crippen LogP contribution in [-0.4, -0.2) is 23.6 Å². The van der Waals surface area contributed by atoms with Crippen LogP contribution in [0.25, 0.3) is 5.65 Å². The van der Waals surface area contributed by atoms with Crippen LogP contribution in [0.5, 0.6) is 11.5 Å². The van der Waals surface area contributed by atoms with Gasteiger partial charge in [-0.05, 0) is 30.2 Å². The van der Waals surface area contributed by atoms with Crippen molar-refractivity contribution in [3.05, 3.63) is 47.2 Å². The van der Waals surface area contributed by atoms with E-state index in [1.54, 1.807) is 32.5 Å². The molecule has 0 saturated heterocycles. The van der Waals surface area contributed by atoms with Crippen LogP contribution >= 0.6 is 11.6 Å². The van der Waals surface area contributed by atoms with Crippen LogP contribution in [0.4, 0.5) is 11.5 Å². The lowest BCUT2D eigenvalue weighted by Gasteiger charge is -2.07. The van der Waals surface area contributed by atoms with Gasteiger partial charge in [0.15, 0.2) is 17.3 Å². The number of fused-ring (bicyclic) bond motifs is 1. The topological polar surface area (TPSA) is 60.5 Å². The smallest absolute Gasteiger partial charge is 0.183 e. The second-order valence-corrected chi connectivity index (χ2v) is 6.23. The van der Waals surface area contributed by atoms with Gasteiger partial charge in [0.25, 0.3) is 0 Å². The van der Waals surface area contributed by atoms with E-state index in [2.05, 4.69) is 29.1 Å². The minimum Gasteiger partial charge on any atom is -0.493 e. The number of nitrogens with zero attached hydrogens (tertiary/aromatic N) is 4. The summed E-state index contributed by atoms with van der Waals surface area (Å²) in [7, 11) is 3.18. The average molecular weight is 359 g/mol. The van der Waals surface area contributed by atoms with Crippen molar-refractivity contribution in [2.24, 2.45) is 10.2 Å². The quantitative estimate of drug-likeness (QED) is 0.562. The second kappa shape index (κ2) is 7.11. The van der Waals surface area contributed by atoms with Crippen molar-refractivity contribution in [3.63, 3.8) is 0 Å². The number of benzene rings is 1. The summed E-state index contributed by atoms with van der Waals surface area (Å²) in [4.78, 5) is 4.63. The van der Waals surface area contributed by atoms with Gasteiger partial charge in [-0.3, -0.25) is 4.40 Å². The van der Waals surface area contributed by atoms with Crippen LogP contribution in [0.1, 0.15) is 25.5 Å². The van der Waals surface area contributed by atoms with Crippen molar-refractivity contribution < 1.29 is 9.47 Å². The van der Waals surface area contributed by atoms with E-state index in [9.17, 15) is 0 Å². The molecule has 0 aliphatic carbocycles. The molecule has 3 rings (SSSR count). The molecular weight excluding hydrogens is 340 g/mol. The predicted molar refractivity (Wildman–Crippen MR) is 98.0 cm³/mol. The van der Waals surface area contributed by atoms with Crippen LogP contribution in [-0.2, 0) is 0 Å². The van der Waals surface area contributed by atoms with Gasteiger partial charge in [-0.15, -0.1) is 10.2 Å². The van der Waals surface area contributed by atoms with Crippen LogP contribution in [0.3, 0.4) is 0 Å². The Morgan fingerprint density at radius 2 is 1.80 bits per heavy atom. The van der Waals surface area contributed by atoms with Crippen LogP contribution in [0.15, 0.2) is 46.8 Å². The number of ether oxygens (including phenoxy) is 2. The third-order valence-electron chi connectivity index (χ3n) is 3.76. The molecule has 0 fully saturated rings. The third-order valence-corrected chi connectivity index (χ3v) is 3.98. The molecule has 0 unspecified atom stereocenters. The maximum atomic E-state index is 6.12. The first-order valence-electron chi connectivity index (χ1n) is 7.84. The molecule has 130 valence electrons. The molecule has 0 saturated carbocycles. The first-order chi connectivity index (χ1) is 12.0. The molecule has 0 spiro atoms. The van der Waals surface area contributed by atoms with Gasteiger partial charge < -0.3 is 9.47 Å². The van der Waals surface area contributed by atoms with E-state index in [0.717, 1.165) is 11.3 Å². The first kappa shape index (κ1) is 17.2. The summed E-state index contributed by atoms with van der Waals surface area (Å²) in [5, 5.41) is 9.38. The lowest BCUT2D eigenvalue weighted by molar-refractivity contribution is 0.355. The molecule has 25 heavy (non-hydrogen) atoms. The van der Waals surface area contributed by atoms with Gasteiger partial charge in [-0.2, -0.15) is 0 Å². The van der Waals surface area contributed by atoms with Gasteiger partial charge in [-0.25, -0.2) is 4.98 Å². The van der Waals surface area contributed by atoms with E-state index >= 15 is 0 Å². The molecule has 1 aromatic carbocycles. The van der Waals surface area contributed by atoms with Gasteiger partial charge in [0, 0.05) is 12.3 Å². The highest BCUT2D eigenvalue weighted by Crippen LogP contribution is 2.33. The molecule has 0 aliphatic rings. The van der Waals surface area contributed by atoms with Crippen LogP contribution in [0.2, 0.25) is 5.02 Å². The lowest BCUT2D eigenvalue weighted by atomic mass is 10.1. The Morgan fingerprint density at radius 3 is 2.48 bits per heavy atom. The summed E-state index contributed by atoms with van der Waals surface area (Å²) in [6.45, 7) is 4.14. The van der Waals surface area contributed by atoms with Crippen molar-refractivity contribution in [1.29, 1.82) is 0 Å². The van der Waals surface area contributed by atoms with Crippen molar-refractivity contribution in [2.75, 3.05) is 14.2 Å². The zero-order chi connectivity index (χ0) is 18.0. The highest BCUT2D eigenvalue weighted by Gasteiger charge is 2.15. The van der Waals surface area contributed by atoms with Crippen LogP contribution in [0, 0.1) is 0 Å². The first-order valence-corrected chi connectivity index (χ1v) is 8.22. The summed E-state index contributed by atoms with van der Waals surface area (Å²) in [5.74, 6) is 2.12. The maximum Gasteiger partial charge on any atom is 0.183 e. The summed E-state index contributed by atoms with van der Waals surface area (Å²) in [5.41, 5.74) is 2.31. The molecule has 3 aromatic rings. The van der Waals surface area contributed by atoms with Crippen molar-refractivity contribution in [1.82, 2.24) is 9.38 Å². The van der Waals surface area contributed by atoms with Gasteiger partial charge >= 0.3 is 0 Å². The fourth-order valence-corrected chi connectivity index (χ4v) is 2.66. The molecule has 0 amide bonds. The Labute approximate surface area is 151 Å². The number of imidazole rings is 1. The van der Waals surface area contributed by atoms with E-state index in [4.69, 9.17) is 21.1 Å². The van der Waals surface area contributed by atoms with Crippen molar-refractivity contribution >= 4 is 28.8 Å². The van der Waals surface area contributed by atoms with Crippen molar-refractivity contribution in [2.45, 2.75) is 19.8 Å². The maximum absolute atomic E-state index is 6.12. The fraction of sp³-hybridized carbons (Fsp3) is 0.278. The highest BCUT2D eigenvalue weighted by atomic mass is 35.5. The Morgan fingerprint density at radius 1 is 1.04 bits per heavy atom. The zero-order valence-electron chi connectivity index (χ0n) is 14.5. The summed E-state index contributed by atoms with van der Waals surface area (Å²) < 4.78 is 12.4. The van der Waals surface area contributed by atoms with Gasteiger partial charge in [0.2, 0.25) is 0 Å². The fourth-order valence-electron chi connectivity index (χ4n) is 2.50. The number of pyridine rings is 1. The standard InChI is InChI=1S/C18H19ClN4O2/c1-11(2)17-18(23-10-12(19)5-8-16(23)20-17)22-21-13-6-7-14(24-3)15(9-13)25-4/h5-11H,1-4H3. The third kappa shape index (κ3) is 3.44. The zero-order valence-corrected chi connectivity index (χ0v) is 15.3. The van der Waals surface area contributed by atoms with Gasteiger partial charge in [0.05, 0.1) is 30.6 Å². The predicted octanol–water partition coefficient (Wildman–Crippen LogP) is 5.54. The molecule has 0 radical (unpaired) electrons. The molecule has 7 heteroatoms. The number of halogens is 1. The van der Waals surface area contributed by atoms with E-state index in [0.29, 0.717) is 28.0 Å². The molecular formula is C18H19ClN4O2. The van der Waals surface area contributed by atoms with E-state index < -0.39 is 0 Å². The van der Waals surface area contributed by atoms with Gasteiger partial charge in [0.1, 0.15) is 5.65 Å². The number of rotatable bonds is 5. The summed E-state index contributed by atoms with van der Waals surface area (Å²) in [6, 6.07) is 9.05. The summed E-state index contributed by atoms with van der Waals surface area (Å²) >= 11 is 6.12. The molecule has 0 N–H and O–H groups in total. The molecule has 6 nitrogen and oxygen atoms in total. The molecule has 0 atom stereocenters. The molecule has 2 heterocycles. The monoisotopic (exact) mass is 358 g/mol. The Balaban J connectivity index is 2.06. The minimum absolute atomic E-state index is 0.207. The normalized spacial score (nSPS) is 11.6. The molecule has 0 aliphatic heterocycles. The Hall–Kier alpha value is -2.60. The van der Waals surface area contributed by atoms with E-state index in [1.165, 1.54) is 0 Å². The Kier molecular flexibility index (Phi) is 4.90. The van der Waals surface area contributed by atoms with E-state index in [-0.39, 0.29) is 5.92 Å². The number of methoxy groups -OCH3 is 2. The van der Waals surface area contributed by atoms with Crippen molar-refractivity contribution in [3.8, 4) is 11.5 Å². The van der Waals surface area contributed by atoms with Crippen LogP contribution < -0.4 is 9.47 Å². The SMILES string of the molecule is COc1ccc(N=Nc2c(C(C)C)nc3ccc(Cl)cn23)cc1OC. The molecule has 0 bridgehead atoms. The average Bonchev–Trinajstić information content (AvgIpc) is 2.97. The second-order valence-electron chi connectivity index (χ2n) is 5.79. The minimum atomic E-state index is 0.207. The highest BCUT2D eigenvalue weighted by molar-refractivity contribution is 6.30.